The maximum absolute atomic E-state index is 12.5. The summed E-state index contributed by atoms with van der Waals surface area (Å²) in [5.41, 5.74) is 3.03. The zero-order valence-electron chi connectivity index (χ0n) is 17.1. The quantitative estimate of drug-likeness (QED) is 0.344. The van der Waals surface area contributed by atoms with E-state index in [4.69, 9.17) is 28.5 Å². The number of carbonyl (C=O) groups is 1. The molecule has 164 valence electrons. The van der Waals surface area contributed by atoms with Gasteiger partial charge in [0.2, 0.25) is 5.91 Å². The van der Waals surface area contributed by atoms with E-state index in [0.717, 1.165) is 11.1 Å². The number of rotatable bonds is 7. The van der Waals surface area contributed by atoms with Crippen LogP contribution in [0.5, 0.6) is 0 Å². The van der Waals surface area contributed by atoms with Crippen molar-refractivity contribution in [3.8, 4) is 23.1 Å². The Kier molecular flexibility index (Phi) is 7.25. The monoisotopic (exact) mass is 494 g/mol. The number of nitrogens with one attached hydrogen (secondary N) is 1. The number of anilines is 1. The third kappa shape index (κ3) is 5.52. The summed E-state index contributed by atoms with van der Waals surface area (Å²) in [6.07, 6.45) is 3.69. The molecule has 0 spiro atoms. The van der Waals surface area contributed by atoms with Crippen molar-refractivity contribution in [1.29, 1.82) is 5.26 Å². The Morgan fingerprint density at radius 2 is 1.91 bits per heavy atom. The Bertz CT molecular complexity index is 1320. The second-order valence-electron chi connectivity index (χ2n) is 6.85. The summed E-state index contributed by atoms with van der Waals surface area (Å²) >= 11 is 13.6. The van der Waals surface area contributed by atoms with Gasteiger partial charge in [-0.15, -0.1) is 10.2 Å². The maximum atomic E-state index is 12.5. The number of nitriles is 1. The Morgan fingerprint density at radius 1 is 1.09 bits per heavy atom. The van der Waals surface area contributed by atoms with Crippen LogP contribution in [0.3, 0.4) is 0 Å². The SMILES string of the molecule is N#CCc1ccc(NC(=O)CSc2nnc(-c3cccnc3)n2-c2ccc(Cl)c(Cl)c2)cc1. The van der Waals surface area contributed by atoms with E-state index in [-0.39, 0.29) is 11.7 Å². The van der Waals surface area contributed by atoms with E-state index in [2.05, 4.69) is 26.6 Å². The van der Waals surface area contributed by atoms with Crippen LogP contribution in [0, 0.1) is 11.3 Å². The van der Waals surface area contributed by atoms with Crippen molar-refractivity contribution < 1.29 is 4.79 Å². The molecule has 7 nitrogen and oxygen atoms in total. The van der Waals surface area contributed by atoms with Gasteiger partial charge in [0.25, 0.3) is 0 Å². The van der Waals surface area contributed by atoms with Gasteiger partial charge in [0.15, 0.2) is 11.0 Å². The fourth-order valence-electron chi connectivity index (χ4n) is 3.03. The lowest BCUT2D eigenvalue weighted by Gasteiger charge is -2.11. The minimum Gasteiger partial charge on any atom is -0.325 e. The summed E-state index contributed by atoms with van der Waals surface area (Å²) in [6.45, 7) is 0. The minimum atomic E-state index is -0.195. The average Bonchev–Trinajstić information content (AvgIpc) is 3.25. The molecule has 0 unspecified atom stereocenters. The first kappa shape index (κ1) is 22.8. The summed E-state index contributed by atoms with van der Waals surface area (Å²) in [7, 11) is 0. The van der Waals surface area contributed by atoms with Crippen LogP contribution in [0.1, 0.15) is 5.56 Å². The second kappa shape index (κ2) is 10.5. The Hall–Kier alpha value is -3.38. The molecule has 2 heterocycles. The Labute approximate surface area is 204 Å². The first-order chi connectivity index (χ1) is 16.0. The van der Waals surface area contributed by atoms with Gasteiger partial charge in [-0.2, -0.15) is 5.26 Å². The lowest BCUT2D eigenvalue weighted by Crippen LogP contribution is -2.14. The number of hydrogen-bond acceptors (Lipinski definition) is 6. The summed E-state index contributed by atoms with van der Waals surface area (Å²) in [4.78, 5) is 16.7. The zero-order valence-corrected chi connectivity index (χ0v) is 19.4. The molecule has 4 aromatic rings. The first-order valence-electron chi connectivity index (χ1n) is 9.75. The first-order valence-corrected chi connectivity index (χ1v) is 11.5. The fraction of sp³-hybridized carbons (Fsp3) is 0.0870. The van der Waals surface area contributed by atoms with Gasteiger partial charge in [-0.05, 0) is 48.0 Å². The van der Waals surface area contributed by atoms with Crippen molar-refractivity contribution in [3.63, 3.8) is 0 Å². The molecule has 0 aliphatic carbocycles. The van der Waals surface area contributed by atoms with Crippen LogP contribution in [0.25, 0.3) is 17.1 Å². The number of benzene rings is 2. The van der Waals surface area contributed by atoms with Gasteiger partial charge < -0.3 is 5.32 Å². The highest BCUT2D eigenvalue weighted by Crippen LogP contribution is 2.31. The Balaban J connectivity index is 1.56. The van der Waals surface area contributed by atoms with E-state index in [1.807, 2.05) is 34.9 Å². The third-order valence-electron chi connectivity index (χ3n) is 4.57. The van der Waals surface area contributed by atoms with Gasteiger partial charge in [0, 0.05) is 23.6 Å². The van der Waals surface area contributed by atoms with Crippen molar-refractivity contribution in [3.05, 3.63) is 82.6 Å². The number of aromatic nitrogens is 4. The fourth-order valence-corrected chi connectivity index (χ4v) is 4.07. The van der Waals surface area contributed by atoms with Crippen molar-refractivity contribution >= 4 is 46.6 Å². The number of amides is 1. The van der Waals surface area contributed by atoms with E-state index in [0.29, 0.717) is 38.8 Å². The third-order valence-corrected chi connectivity index (χ3v) is 6.24. The normalized spacial score (nSPS) is 10.6. The highest BCUT2D eigenvalue weighted by Gasteiger charge is 2.18. The topological polar surface area (TPSA) is 96.5 Å². The summed E-state index contributed by atoms with van der Waals surface area (Å²) in [5.74, 6) is 0.490. The van der Waals surface area contributed by atoms with E-state index < -0.39 is 0 Å². The lowest BCUT2D eigenvalue weighted by molar-refractivity contribution is -0.113. The minimum absolute atomic E-state index is 0.118. The molecule has 2 aromatic heterocycles. The van der Waals surface area contributed by atoms with Gasteiger partial charge in [-0.1, -0.05) is 47.1 Å². The average molecular weight is 495 g/mol. The van der Waals surface area contributed by atoms with Gasteiger partial charge in [0.1, 0.15) is 0 Å². The molecular weight excluding hydrogens is 479 g/mol. The van der Waals surface area contributed by atoms with Crippen LogP contribution in [-0.4, -0.2) is 31.4 Å². The predicted octanol–water partition coefficient (Wildman–Crippen LogP) is 5.43. The van der Waals surface area contributed by atoms with Crippen LogP contribution >= 0.6 is 35.0 Å². The van der Waals surface area contributed by atoms with E-state index in [1.54, 1.807) is 36.7 Å². The maximum Gasteiger partial charge on any atom is 0.234 e. The number of pyridine rings is 1. The van der Waals surface area contributed by atoms with Crippen molar-refractivity contribution in [2.75, 3.05) is 11.1 Å². The van der Waals surface area contributed by atoms with Crippen LogP contribution in [0.2, 0.25) is 10.0 Å². The van der Waals surface area contributed by atoms with Crippen molar-refractivity contribution in [2.45, 2.75) is 11.6 Å². The van der Waals surface area contributed by atoms with Gasteiger partial charge in [-0.25, -0.2) is 0 Å². The Morgan fingerprint density at radius 3 is 2.61 bits per heavy atom. The molecule has 1 amide bonds. The molecule has 0 radical (unpaired) electrons. The molecule has 0 saturated carbocycles. The molecule has 1 N–H and O–H groups in total. The number of nitrogens with zero attached hydrogens (tertiary/aromatic N) is 5. The van der Waals surface area contributed by atoms with Crippen LogP contribution < -0.4 is 5.32 Å². The zero-order chi connectivity index (χ0) is 23.2. The standard InChI is InChI=1S/C23H16Cl2N6OS/c24-19-8-7-18(12-20(19)25)31-22(16-2-1-11-27-13-16)29-30-23(31)33-14-21(32)28-17-5-3-15(4-6-17)9-10-26/h1-8,11-13H,9,14H2,(H,28,32). The van der Waals surface area contributed by atoms with Crippen LogP contribution in [0.4, 0.5) is 5.69 Å². The lowest BCUT2D eigenvalue weighted by atomic mass is 10.1. The van der Waals surface area contributed by atoms with E-state index in [1.165, 1.54) is 11.8 Å². The smallest absolute Gasteiger partial charge is 0.234 e. The second-order valence-corrected chi connectivity index (χ2v) is 8.61. The van der Waals surface area contributed by atoms with Crippen molar-refractivity contribution in [2.24, 2.45) is 0 Å². The summed E-state index contributed by atoms with van der Waals surface area (Å²) in [5, 5.41) is 21.6. The number of thioether (sulfide) groups is 1. The molecule has 0 saturated heterocycles. The molecular formula is C23H16Cl2N6OS. The molecule has 2 aromatic carbocycles. The van der Waals surface area contributed by atoms with Crippen LogP contribution in [0.15, 0.2) is 72.1 Å². The largest absolute Gasteiger partial charge is 0.325 e. The molecule has 0 bridgehead atoms. The highest BCUT2D eigenvalue weighted by molar-refractivity contribution is 7.99. The van der Waals surface area contributed by atoms with Gasteiger partial charge in [0.05, 0.1) is 34.0 Å². The molecule has 10 heteroatoms. The van der Waals surface area contributed by atoms with E-state index in [9.17, 15) is 4.79 Å². The number of hydrogen-bond donors (Lipinski definition) is 1. The number of halogens is 2. The molecule has 0 atom stereocenters. The predicted molar refractivity (Wildman–Crippen MR) is 130 cm³/mol. The molecule has 33 heavy (non-hydrogen) atoms. The summed E-state index contributed by atoms with van der Waals surface area (Å²) < 4.78 is 1.81. The van der Waals surface area contributed by atoms with Crippen molar-refractivity contribution in [1.82, 2.24) is 19.7 Å². The highest BCUT2D eigenvalue weighted by atomic mass is 35.5. The van der Waals surface area contributed by atoms with Gasteiger partial charge in [-0.3, -0.25) is 14.3 Å². The van der Waals surface area contributed by atoms with E-state index >= 15 is 0 Å². The summed E-state index contributed by atoms with van der Waals surface area (Å²) in [6, 6.07) is 18.2. The molecule has 0 fully saturated rings. The number of carbonyl (C=O) groups excluding carboxylic acids is 1. The molecule has 0 aliphatic heterocycles. The molecule has 0 aliphatic rings. The van der Waals surface area contributed by atoms with Crippen LogP contribution in [-0.2, 0) is 11.2 Å². The molecule has 4 rings (SSSR count). The van der Waals surface area contributed by atoms with Gasteiger partial charge >= 0.3 is 0 Å².